The normalized spacial score (nSPS) is 20.8. The Morgan fingerprint density at radius 2 is 1.96 bits per heavy atom. The number of aromatic amines is 1. The van der Waals surface area contributed by atoms with E-state index >= 15 is 0 Å². The maximum Gasteiger partial charge on any atom is 0.0682 e. The highest BCUT2D eigenvalue weighted by Crippen LogP contribution is 2.38. The molecule has 1 aromatic carbocycles. The summed E-state index contributed by atoms with van der Waals surface area (Å²) in [5.74, 6) is 0. The summed E-state index contributed by atoms with van der Waals surface area (Å²) in [6.07, 6.45) is 6.95. The molecule has 1 N–H and O–H groups in total. The minimum absolute atomic E-state index is 0.596. The lowest BCUT2D eigenvalue weighted by Crippen LogP contribution is -2.44. The van der Waals surface area contributed by atoms with Crippen molar-refractivity contribution in [2.24, 2.45) is 0 Å². The molecule has 1 aromatic heterocycles. The molecular formula is C20H31BrN4O. The minimum atomic E-state index is 0.596. The van der Waals surface area contributed by atoms with Crippen LogP contribution >= 0.6 is 15.9 Å². The van der Waals surface area contributed by atoms with Crippen LogP contribution in [0.2, 0.25) is 0 Å². The van der Waals surface area contributed by atoms with Gasteiger partial charge in [0.25, 0.3) is 0 Å². The highest BCUT2D eigenvalue weighted by molar-refractivity contribution is 9.10. The molecule has 26 heavy (non-hydrogen) atoms. The van der Waals surface area contributed by atoms with E-state index in [1.807, 2.05) is 6.20 Å². The average Bonchev–Trinajstić information content (AvgIpc) is 3.11. The molecule has 2 aromatic rings. The van der Waals surface area contributed by atoms with Crippen LogP contribution in [0.25, 0.3) is 10.9 Å². The molecule has 5 nitrogen and oxygen atoms in total. The lowest BCUT2D eigenvalue weighted by atomic mass is 9.88. The second-order valence-electron chi connectivity index (χ2n) is 7.39. The molecule has 1 saturated carbocycles. The SMILES string of the molecule is CCN(c1c(C)c(Br)cc2[nH]ncc12)C1CCC(N(C)CCOC)CC1. The number of hydrogen-bond acceptors (Lipinski definition) is 4. The van der Waals surface area contributed by atoms with E-state index in [0.29, 0.717) is 12.1 Å². The van der Waals surface area contributed by atoms with Crippen LogP contribution in [0.1, 0.15) is 38.2 Å². The number of likely N-dealkylation sites (N-methyl/N-ethyl adjacent to an activating group) is 1. The van der Waals surface area contributed by atoms with E-state index in [1.54, 1.807) is 7.11 Å². The fraction of sp³-hybridized carbons (Fsp3) is 0.650. The predicted molar refractivity (Wildman–Crippen MR) is 112 cm³/mol. The van der Waals surface area contributed by atoms with Crippen LogP contribution in [0.5, 0.6) is 0 Å². The minimum Gasteiger partial charge on any atom is -0.383 e. The first kappa shape index (κ1) is 19.6. The fourth-order valence-corrected chi connectivity index (χ4v) is 4.76. The molecule has 0 amide bonds. The molecule has 1 heterocycles. The summed E-state index contributed by atoms with van der Waals surface area (Å²) in [5.41, 5.74) is 3.74. The van der Waals surface area contributed by atoms with Crippen molar-refractivity contribution < 1.29 is 4.74 Å². The van der Waals surface area contributed by atoms with Crippen molar-refractivity contribution in [1.82, 2.24) is 15.1 Å². The van der Waals surface area contributed by atoms with Crippen molar-refractivity contribution in [2.75, 3.05) is 38.8 Å². The van der Waals surface area contributed by atoms with Crippen LogP contribution in [0.4, 0.5) is 5.69 Å². The topological polar surface area (TPSA) is 44.4 Å². The first-order valence-electron chi connectivity index (χ1n) is 9.64. The van der Waals surface area contributed by atoms with Crippen LogP contribution in [-0.4, -0.2) is 61.0 Å². The number of fused-ring (bicyclic) bond motifs is 1. The van der Waals surface area contributed by atoms with Crippen molar-refractivity contribution in [3.8, 4) is 0 Å². The Morgan fingerprint density at radius 1 is 1.27 bits per heavy atom. The summed E-state index contributed by atoms with van der Waals surface area (Å²) in [5, 5.41) is 8.63. The smallest absolute Gasteiger partial charge is 0.0682 e. The third-order valence-electron chi connectivity index (χ3n) is 5.91. The first-order valence-corrected chi connectivity index (χ1v) is 10.4. The van der Waals surface area contributed by atoms with Gasteiger partial charge in [-0.2, -0.15) is 5.10 Å². The molecule has 6 heteroatoms. The van der Waals surface area contributed by atoms with Gasteiger partial charge in [0.1, 0.15) is 0 Å². The van der Waals surface area contributed by atoms with Crippen molar-refractivity contribution in [1.29, 1.82) is 0 Å². The molecule has 0 bridgehead atoms. The maximum absolute atomic E-state index is 5.23. The molecule has 144 valence electrons. The molecule has 0 unspecified atom stereocenters. The molecule has 0 atom stereocenters. The Bertz CT molecular complexity index is 724. The molecule has 0 aliphatic heterocycles. The standard InChI is InChI=1S/C20H31BrN4O/c1-5-25(16-8-6-15(7-9-16)24(3)10-11-26-4)20-14(2)18(21)12-19-17(20)13-22-23-19/h12-13,15-16H,5-11H2,1-4H3,(H,22,23). The summed E-state index contributed by atoms with van der Waals surface area (Å²) >= 11 is 3.73. The fourth-order valence-electron chi connectivity index (χ4n) is 4.34. The van der Waals surface area contributed by atoms with Gasteiger partial charge in [0, 0.05) is 42.1 Å². The monoisotopic (exact) mass is 422 g/mol. The molecule has 0 radical (unpaired) electrons. The third-order valence-corrected chi connectivity index (χ3v) is 6.74. The van der Waals surface area contributed by atoms with Gasteiger partial charge in [-0.15, -0.1) is 0 Å². The lowest BCUT2D eigenvalue weighted by molar-refractivity contribution is 0.119. The number of halogens is 1. The summed E-state index contributed by atoms with van der Waals surface area (Å²) in [6.45, 7) is 7.32. The number of rotatable bonds is 7. The molecule has 1 fully saturated rings. The van der Waals surface area contributed by atoms with Crippen LogP contribution in [0, 0.1) is 6.92 Å². The number of ether oxygens (including phenoxy) is 1. The second-order valence-corrected chi connectivity index (χ2v) is 8.24. The van der Waals surface area contributed by atoms with E-state index in [2.05, 4.69) is 62.9 Å². The zero-order valence-corrected chi connectivity index (χ0v) is 18.0. The van der Waals surface area contributed by atoms with E-state index in [9.17, 15) is 0 Å². The largest absolute Gasteiger partial charge is 0.383 e. The van der Waals surface area contributed by atoms with Crippen molar-refractivity contribution >= 4 is 32.5 Å². The van der Waals surface area contributed by atoms with Gasteiger partial charge in [0.05, 0.1) is 24.0 Å². The van der Waals surface area contributed by atoms with Crippen LogP contribution < -0.4 is 4.90 Å². The highest BCUT2D eigenvalue weighted by atomic mass is 79.9. The first-order chi connectivity index (χ1) is 12.6. The Balaban J connectivity index is 1.77. The predicted octanol–water partition coefficient (Wildman–Crippen LogP) is 4.35. The van der Waals surface area contributed by atoms with Gasteiger partial charge >= 0.3 is 0 Å². The van der Waals surface area contributed by atoms with Crippen molar-refractivity contribution in [3.05, 3.63) is 22.3 Å². The quantitative estimate of drug-likeness (QED) is 0.719. The molecule has 1 aliphatic carbocycles. The van der Waals surface area contributed by atoms with Gasteiger partial charge in [0.2, 0.25) is 0 Å². The van der Waals surface area contributed by atoms with E-state index in [4.69, 9.17) is 4.74 Å². The molecule has 0 spiro atoms. The van der Waals surface area contributed by atoms with Crippen LogP contribution in [-0.2, 0) is 4.74 Å². The Hall–Kier alpha value is -1.11. The summed E-state index contributed by atoms with van der Waals surface area (Å²) in [7, 11) is 4.01. The number of anilines is 1. The average molecular weight is 423 g/mol. The second kappa shape index (κ2) is 8.72. The maximum atomic E-state index is 5.23. The molecular weight excluding hydrogens is 392 g/mol. The number of hydrogen-bond donors (Lipinski definition) is 1. The summed E-state index contributed by atoms with van der Waals surface area (Å²) < 4.78 is 6.38. The van der Waals surface area contributed by atoms with E-state index < -0.39 is 0 Å². The van der Waals surface area contributed by atoms with Crippen molar-refractivity contribution in [3.63, 3.8) is 0 Å². The number of benzene rings is 1. The number of methoxy groups -OCH3 is 1. The van der Waals surface area contributed by atoms with Crippen molar-refractivity contribution in [2.45, 2.75) is 51.6 Å². The summed E-state index contributed by atoms with van der Waals surface area (Å²) in [4.78, 5) is 5.07. The highest BCUT2D eigenvalue weighted by Gasteiger charge is 2.29. The van der Waals surface area contributed by atoms with Gasteiger partial charge in [-0.05, 0) is 58.2 Å². The Labute approximate surface area is 165 Å². The Kier molecular flexibility index (Phi) is 6.59. The van der Waals surface area contributed by atoms with Gasteiger partial charge in [-0.25, -0.2) is 0 Å². The van der Waals surface area contributed by atoms with Crippen LogP contribution in [0.3, 0.4) is 0 Å². The third kappa shape index (κ3) is 3.92. The zero-order valence-electron chi connectivity index (χ0n) is 16.4. The number of nitrogens with one attached hydrogen (secondary N) is 1. The Morgan fingerprint density at radius 3 is 2.62 bits per heavy atom. The van der Waals surface area contributed by atoms with Gasteiger partial charge < -0.3 is 14.5 Å². The van der Waals surface area contributed by atoms with Crippen LogP contribution in [0.15, 0.2) is 16.7 Å². The molecule has 1 aliphatic rings. The van der Waals surface area contributed by atoms with Gasteiger partial charge in [-0.1, -0.05) is 15.9 Å². The molecule has 0 saturated heterocycles. The zero-order chi connectivity index (χ0) is 18.7. The number of nitrogens with zero attached hydrogens (tertiary/aromatic N) is 3. The van der Waals surface area contributed by atoms with Gasteiger partial charge in [-0.3, -0.25) is 5.10 Å². The molecule has 3 rings (SSSR count). The van der Waals surface area contributed by atoms with E-state index in [1.165, 1.54) is 42.3 Å². The lowest BCUT2D eigenvalue weighted by Gasteiger charge is -2.41. The number of aromatic nitrogens is 2. The van der Waals surface area contributed by atoms with E-state index in [-0.39, 0.29) is 0 Å². The number of H-pyrrole nitrogens is 1. The van der Waals surface area contributed by atoms with Gasteiger partial charge in [0.15, 0.2) is 0 Å². The summed E-state index contributed by atoms with van der Waals surface area (Å²) in [6, 6.07) is 3.41. The van der Waals surface area contributed by atoms with E-state index in [0.717, 1.165) is 29.7 Å².